The number of hydrogen-bond acceptors (Lipinski definition) is 2. The molecule has 17 heavy (non-hydrogen) atoms. The van der Waals surface area contributed by atoms with Crippen molar-refractivity contribution < 1.29 is 9.90 Å². The lowest BCUT2D eigenvalue weighted by molar-refractivity contribution is 0.0697. The van der Waals surface area contributed by atoms with Crippen LogP contribution in [0.2, 0.25) is 5.02 Å². The van der Waals surface area contributed by atoms with Crippen molar-refractivity contribution in [3.63, 3.8) is 0 Å². The van der Waals surface area contributed by atoms with E-state index in [2.05, 4.69) is 6.58 Å². The van der Waals surface area contributed by atoms with Gasteiger partial charge in [-0.1, -0.05) is 17.7 Å². The molecule has 0 saturated carbocycles. The summed E-state index contributed by atoms with van der Waals surface area (Å²) in [6.07, 6.45) is 3.86. The summed E-state index contributed by atoms with van der Waals surface area (Å²) in [6, 6.07) is 4.98. The highest BCUT2D eigenvalue weighted by molar-refractivity contribution is 6.33. The molecule has 1 aromatic carbocycles. The molecule has 4 heteroatoms. The van der Waals surface area contributed by atoms with Gasteiger partial charge in [-0.15, -0.1) is 6.58 Å². The Bertz CT molecular complexity index is 418. The van der Waals surface area contributed by atoms with Crippen molar-refractivity contribution in [3.8, 4) is 0 Å². The van der Waals surface area contributed by atoms with Crippen molar-refractivity contribution in [2.75, 3.05) is 18.5 Å². The molecular weight excluding hydrogens is 238 g/mol. The number of allylic oxidation sites excluding steroid dienone is 1. The van der Waals surface area contributed by atoms with Crippen LogP contribution in [0.15, 0.2) is 30.9 Å². The van der Waals surface area contributed by atoms with Crippen LogP contribution in [0, 0.1) is 0 Å². The number of halogens is 1. The molecule has 0 aliphatic heterocycles. The summed E-state index contributed by atoms with van der Waals surface area (Å²) in [4.78, 5) is 12.8. The molecule has 1 rings (SSSR count). The van der Waals surface area contributed by atoms with E-state index < -0.39 is 5.97 Å². The lowest BCUT2D eigenvalue weighted by Crippen LogP contribution is -2.18. The molecule has 0 aromatic heterocycles. The molecule has 0 saturated heterocycles. The first kappa shape index (κ1) is 13.6. The predicted octanol–water partition coefficient (Wildman–Crippen LogP) is 3.44. The Morgan fingerprint density at radius 3 is 2.82 bits per heavy atom. The van der Waals surface area contributed by atoms with Crippen molar-refractivity contribution in [2.24, 2.45) is 0 Å². The van der Waals surface area contributed by atoms with Crippen LogP contribution in [0.3, 0.4) is 0 Å². The number of nitrogens with zero attached hydrogens (tertiary/aromatic N) is 1. The number of aromatic carboxylic acids is 1. The first-order valence-corrected chi connectivity index (χ1v) is 5.79. The van der Waals surface area contributed by atoms with Gasteiger partial charge in [0.2, 0.25) is 0 Å². The fourth-order valence-electron chi connectivity index (χ4n) is 1.52. The molecule has 0 aliphatic rings. The molecular formula is C13H16ClNO2. The minimum absolute atomic E-state index is 0.134. The Labute approximate surface area is 106 Å². The summed E-state index contributed by atoms with van der Waals surface area (Å²) in [5.74, 6) is -1.00. The summed E-state index contributed by atoms with van der Waals surface area (Å²) in [5.41, 5.74) is 1.05. The van der Waals surface area contributed by atoms with Crippen LogP contribution in [0.25, 0.3) is 0 Å². The number of benzene rings is 1. The van der Waals surface area contributed by atoms with E-state index in [-0.39, 0.29) is 10.6 Å². The molecule has 92 valence electrons. The average molecular weight is 254 g/mol. The third kappa shape index (κ3) is 3.79. The van der Waals surface area contributed by atoms with Crippen molar-refractivity contribution in [2.45, 2.75) is 12.8 Å². The van der Waals surface area contributed by atoms with Crippen LogP contribution in [-0.4, -0.2) is 24.7 Å². The largest absolute Gasteiger partial charge is 0.478 e. The number of unbranched alkanes of at least 4 members (excludes halogenated alkanes) is 1. The summed E-state index contributed by atoms with van der Waals surface area (Å²) in [7, 11) is 1.95. The monoisotopic (exact) mass is 253 g/mol. The minimum Gasteiger partial charge on any atom is -0.478 e. The third-order valence-corrected chi connectivity index (χ3v) is 2.84. The van der Waals surface area contributed by atoms with Gasteiger partial charge in [-0.25, -0.2) is 4.79 Å². The Hall–Kier alpha value is -1.48. The van der Waals surface area contributed by atoms with Gasteiger partial charge in [0.05, 0.1) is 10.6 Å². The van der Waals surface area contributed by atoms with Gasteiger partial charge in [-0.2, -0.15) is 0 Å². The van der Waals surface area contributed by atoms with Gasteiger partial charge < -0.3 is 10.0 Å². The fraction of sp³-hybridized carbons (Fsp3) is 0.308. The Balaban J connectivity index is 2.75. The second-order valence-corrected chi connectivity index (χ2v) is 4.23. The normalized spacial score (nSPS) is 10.0. The van der Waals surface area contributed by atoms with Gasteiger partial charge in [0, 0.05) is 19.3 Å². The molecule has 0 bridgehead atoms. The highest BCUT2D eigenvalue weighted by Crippen LogP contribution is 2.23. The van der Waals surface area contributed by atoms with Gasteiger partial charge in [-0.3, -0.25) is 0 Å². The lowest BCUT2D eigenvalue weighted by atomic mass is 10.2. The topological polar surface area (TPSA) is 40.5 Å². The zero-order valence-electron chi connectivity index (χ0n) is 9.82. The Morgan fingerprint density at radius 2 is 2.29 bits per heavy atom. The summed E-state index contributed by atoms with van der Waals surface area (Å²) >= 11 is 5.91. The molecule has 0 unspecified atom stereocenters. The van der Waals surface area contributed by atoms with E-state index in [0.29, 0.717) is 0 Å². The number of carbonyl (C=O) groups is 1. The maximum atomic E-state index is 10.8. The number of anilines is 1. The summed E-state index contributed by atoms with van der Waals surface area (Å²) < 4.78 is 0. The van der Waals surface area contributed by atoms with Gasteiger partial charge >= 0.3 is 5.97 Å². The SMILES string of the molecule is C=CCCCN(C)c1ccc(C(=O)O)c(Cl)c1. The minimum atomic E-state index is -1.00. The molecule has 0 fully saturated rings. The average Bonchev–Trinajstić information content (AvgIpc) is 2.28. The van der Waals surface area contributed by atoms with Crippen LogP contribution in [-0.2, 0) is 0 Å². The molecule has 0 atom stereocenters. The van der Waals surface area contributed by atoms with Crippen LogP contribution in [0.1, 0.15) is 23.2 Å². The van der Waals surface area contributed by atoms with E-state index in [9.17, 15) is 4.79 Å². The number of carboxylic acids is 1. The Kier molecular flexibility index (Phi) is 5.04. The Morgan fingerprint density at radius 1 is 1.59 bits per heavy atom. The predicted molar refractivity (Wildman–Crippen MR) is 71.1 cm³/mol. The summed E-state index contributed by atoms with van der Waals surface area (Å²) in [6.45, 7) is 4.55. The first-order valence-electron chi connectivity index (χ1n) is 5.41. The van der Waals surface area contributed by atoms with E-state index in [1.807, 2.05) is 18.0 Å². The zero-order valence-corrected chi connectivity index (χ0v) is 10.6. The van der Waals surface area contributed by atoms with Crippen LogP contribution in [0.5, 0.6) is 0 Å². The van der Waals surface area contributed by atoms with Crippen molar-refractivity contribution >= 4 is 23.3 Å². The molecule has 0 aliphatic carbocycles. The smallest absolute Gasteiger partial charge is 0.337 e. The maximum absolute atomic E-state index is 10.8. The summed E-state index contributed by atoms with van der Waals surface area (Å²) in [5, 5.41) is 9.13. The second kappa shape index (κ2) is 6.30. The lowest BCUT2D eigenvalue weighted by Gasteiger charge is -2.19. The zero-order chi connectivity index (χ0) is 12.8. The third-order valence-electron chi connectivity index (χ3n) is 2.53. The highest BCUT2D eigenvalue weighted by atomic mass is 35.5. The van der Waals surface area contributed by atoms with Crippen molar-refractivity contribution in [3.05, 3.63) is 41.4 Å². The molecule has 1 N–H and O–H groups in total. The van der Waals surface area contributed by atoms with E-state index >= 15 is 0 Å². The molecule has 0 heterocycles. The van der Waals surface area contributed by atoms with Gasteiger partial charge in [0.15, 0.2) is 0 Å². The van der Waals surface area contributed by atoms with Gasteiger partial charge in [0.1, 0.15) is 0 Å². The molecule has 0 radical (unpaired) electrons. The standard InChI is InChI=1S/C13H16ClNO2/c1-3-4-5-8-15(2)10-6-7-11(13(16)17)12(14)9-10/h3,6-7,9H,1,4-5,8H2,2H3,(H,16,17). The van der Waals surface area contributed by atoms with Crippen LogP contribution < -0.4 is 4.90 Å². The van der Waals surface area contributed by atoms with Crippen LogP contribution >= 0.6 is 11.6 Å². The molecule has 3 nitrogen and oxygen atoms in total. The van der Waals surface area contributed by atoms with Gasteiger partial charge in [0.25, 0.3) is 0 Å². The van der Waals surface area contributed by atoms with E-state index in [1.165, 1.54) is 6.07 Å². The number of hydrogen-bond donors (Lipinski definition) is 1. The number of rotatable bonds is 6. The first-order chi connectivity index (χ1) is 8.06. The molecule has 0 spiro atoms. The van der Waals surface area contributed by atoms with Crippen LogP contribution in [0.4, 0.5) is 5.69 Å². The van der Waals surface area contributed by atoms with Crippen molar-refractivity contribution in [1.82, 2.24) is 0 Å². The molecule has 0 amide bonds. The van der Waals surface area contributed by atoms with Gasteiger partial charge in [-0.05, 0) is 31.0 Å². The fourth-order valence-corrected chi connectivity index (χ4v) is 1.77. The maximum Gasteiger partial charge on any atom is 0.337 e. The second-order valence-electron chi connectivity index (χ2n) is 3.82. The van der Waals surface area contributed by atoms with E-state index in [4.69, 9.17) is 16.7 Å². The highest BCUT2D eigenvalue weighted by Gasteiger charge is 2.10. The van der Waals surface area contributed by atoms with Crippen molar-refractivity contribution in [1.29, 1.82) is 0 Å². The molecule has 1 aromatic rings. The van der Waals surface area contributed by atoms with E-state index in [1.54, 1.807) is 12.1 Å². The quantitative estimate of drug-likeness (QED) is 0.624. The number of carboxylic acid groups (broad SMARTS) is 1. The van der Waals surface area contributed by atoms with E-state index in [0.717, 1.165) is 25.1 Å².